The number of nitrogens with zero attached hydrogens (tertiary/aromatic N) is 3. The van der Waals surface area contributed by atoms with E-state index in [-0.39, 0.29) is 23.3 Å². The largest absolute Gasteiger partial charge is 0.382 e. The summed E-state index contributed by atoms with van der Waals surface area (Å²) in [6.07, 6.45) is 0. The SMILES string of the molecule is Cc1ccc(Nc2nc(N)nc(N)c2N=O)cc1. The maximum absolute atomic E-state index is 10.7. The van der Waals surface area contributed by atoms with Crippen LogP contribution in [-0.4, -0.2) is 9.97 Å². The first-order valence-corrected chi connectivity index (χ1v) is 5.20. The first kappa shape index (κ1) is 11.8. The number of benzene rings is 1. The van der Waals surface area contributed by atoms with Crippen molar-refractivity contribution >= 4 is 29.0 Å². The molecule has 0 spiro atoms. The van der Waals surface area contributed by atoms with Crippen LogP contribution in [-0.2, 0) is 0 Å². The summed E-state index contributed by atoms with van der Waals surface area (Å²) in [5, 5.41) is 5.73. The summed E-state index contributed by atoms with van der Waals surface area (Å²) in [4.78, 5) is 18.3. The second kappa shape index (κ2) is 4.66. The molecular formula is C11H12N6O. The average molecular weight is 244 g/mol. The molecule has 1 aromatic heterocycles. The molecule has 0 saturated carbocycles. The number of rotatable bonds is 3. The maximum Gasteiger partial charge on any atom is 0.224 e. The van der Waals surface area contributed by atoms with E-state index in [4.69, 9.17) is 11.5 Å². The number of nitroso groups, excluding NO2 is 1. The van der Waals surface area contributed by atoms with Gasteiger partial charge in [-0.2, -0.15) is 9.97 Å². The van der Waals surface area contributed by atoms with Crippen LogP contribution in [0.2, 0.25) is 0 Å². The van der Waals surface area contributed by atoms with Crippen molar-refractivity contribution in [2.75, 3.05) is 16.8 Å². The van der Waals surface area contributed by atoms with Gasteiger partial charge in [0, 0.05) is 5.69 Å². The van der Waals surface area contributed by atoms with Crippen LogP contribution in [0, 0.1) is 11.8 Å². The normalized spacial score (nSPS) is 10.1. The van der Waals surface area contributed by atoms with Crippen LogP contribution in [0.5, 0.6) is 0 Å². The second-order valence-electron chi connectivity index (χ2n) is 3.75. The lowest BCUT2D eigenvalue weighted by Crippen LogP contribution is -2.04. The van der Waals surface area contributed by atoms with Gasteiger partial charge in [0.2, 0.25) is 5.95 Å². The van der Waals surface area contributed by atoms with E-state index < -0.39 is 0 Å². The molecule has 0 saturated heterocycles. The van der Waals surface area contributed by atoms with Crippen LogP contribution in [0.1, 0.15) is 5.56 Å². The van der Waals surface area contributed by atoms with Crippen molar-refractivity contribution < 1.29 is 0 Å². The minimum atomic E-state index is -0.0511. The molecule has 92 valence electrons. The molecule has 0 fully saturated rings. The Kier molecular flexibility index (Phi) is 3.05. The van der Waals surface area contributed by atoms with Crippen molar-refractivity contribution in [3.8, 4) is 0 Å². The minimum absolute atomic E-state index is 0.0190. The number of anilines is 4. The Balaban J connectivity index is 2.39. The van der Waals surface area contributed by atoms with Gasteiger partial charge < -0.3 is 16.8 Å². The zero-order valence-electron chi connectivity index (χ0n) is 9.71. The zero-order valence-corrected chi connectivity index (χ0v) is 9.71. The van der Waals surface area contributed by atoms with Gasteiger partial charge in [-0.25, -0.2) is 0 Å². The molecule has 0 bridgehead atoms. The second-order valence-corrected chi connectivity index (χ2v) is 3.75. The molecule has 7 nitrogen and oxygen atoms in total. The highest BCUT2D eigenvalue weighted by Gasteiger charge is 2.12. The van der Waals surface area contributed by atoms with Crippen molar-refractivity contribution in [1.29, 1.82) is 0 Å². The first-order valence-electron chi connectivity index (χ1n) is 5.20. The van der Waals surface area contributed by atoms with Crippen LogP contribution in [0.3, 0.4) is 0 Å². The van der Waals surface area contributed by atoms with Gasteiger partial charge in [0.05, 0.1) is 0 Å². The van der Waals surface area contributed by atoms with Crippen LogP contribution in [0.25, 0.3) is 0 Å². The quantitative estimate of drug-likeness (QED) is 0.711. The number of nitrogens with one attached hydrogen (secondary N) is 1. The van der Waals surface area contributed by atoms with E-state index >= 15 is 0 Å². The number of nitrogen functional groups attached to an aromatic ring is 2. The molecule has 1 heterocycles. The predicted molar refractivity (Wildman–Crippen MR) is 70.8 cm³/mol. The van der Waals surface area contributed by atoms with Gasteiger partial charge in [0.15, 0.2) is 17.3 Å². The van der Waals surface area contributed by atoms with E-state index in [0.717, 1.165) is 11.3 Å². The van der Waals surface area contributed by atoms with Crippen LogP contribution >= 0.6 is 0 Å². The third-order valence-corrected chi connectivity index (χ3v) is 2.33. The fourth-order valence-electron chi connectivity index (χ4n) is 1.44. The van der Waals surface area contributed by atoms with Gasteiger partial charge in [0.25, 0.3) is 0 Å². The van der Waals surface area contributed by atoms with E-state index in [1.807, 2.05) is 31.2 Å². The molecule has 7 heteroatoms. The topological polar surface area (TPSA) is 119 Å². The van der Waals surface area contributed by atoms with Gasteiger partial charge in [-0.3, -0.25) is 0 Å². The summed E-state index contributed by atoms with van der Waals surface area (Å²) in [7, 11) is 0. The Morgan fingerprint density at radius 1 is 1.17 bits per heavy atom. The summed E-state index contributed by atoms with van der Waals surface area (Å²) in [6.45, 7) is 1.98. The highest BCUT2D eigenvalue weighted by Crippen LogP contribution is 2.31. The van der Waals surface area contributed by atoms with E-state index in [1.54, 1.807) is 0 Å². The number of hydrogen-bond donors (Lipinski definition) is 3. The zero-order chi connectivity index (χ0) is 13.1. The molecule has 5 N–H and O–H groups in total. The molecule has 0 radical (unpaired) electrons. The standard InChI is InChI=1S/C11H12N6O/c1-6-2-4-7(5-3-6)14-10-8(17-18)9(12)15-11(13)16-10/h2-5H,1H3,(H5,12,13,14,15,16). The lowest BCUT2D eigenvalue weighted by atomic mass is 10.2. The monoisotopic (exact) mass is 244 g/mol. The van der Waals surface area contributed by atoms with Crippen LogP contribution < -0.4 is 16.8 Å². The average Bonchev–Trinajstić information content (AvgIpc) is 2.32. The van der Waals surface area contributed by atoms with Crippen molar-refractivity contribution in [1.82, 2.24) is 9.97 Å². The maximum atomic E-state index is 10.7. The molecule has 0 aliphatic rings. The van der Waals surface area contributed by atoms with Gasteiger partial charge in [-0.1, -0.05) is 17.7 Å². The van der Waals surface area contributed by atoms with Gasteiger partial charge in [-0.15, -0.1) is 4.91 Å². The number of aromatic nitrogens is 2. The molecule has 0 aliphatic carbocycles. The predicted octanol–water partition coefficient (Wildman–Crippen LogP) is 2.09. The Labute approximate surface area is 103 Å². The first-order chi connectivity index (χ1) is 8.60. The third-order valence-electron chi connectivity index (χ3n) is 2.33. The van der Waals surface area contributed by atoms with Crippen molar-refractivity contribution in [2.45, 2.75) is 6.92 Å². The lowest BCUT2D eigenvalue weighted by molar-refractivity contribution is 1.18. The third kappa shape index (κ3) is 2.34. The molecule has 0 unspecified atom stereocenters. The molecule has 18 heavy (non-hydrogen) atoms. The van der Waals surface area contributed by atoms with E-state index in [9.17, 15) is 4.91 Å². The van der Waals surface area contributed by atoms with Gasteiger partial charge in [0.1, 0.15) is 0 Å². The highest BCUT2D eigenvalue weighted by molar-refractivity contribution is 5.77. The van der Waals surface area contributed by atoms with Gasteiger partial charge in [-0.05, 0) is 24.2 Å². The smallest absolute Gasteiger partial charge is 0.224 e. The van der Waals surface area contributed by atoms with Crippen molar-refractivity contribution in [3.63, 3.8) is 0 Å². The summed E-state index contributed by atoms with van der Waals surface area (Å²) >= 11 is 0. The molecule has 0 aliphatic heterocycles. The van der Waals surface area contributed by atoms with Gasteiger partial charge >= 0.3 is 0 Å². The molecular weight excluding hydrogens is 232 g/mol. The fourth-order valence-corrected chi connectivity index (χ4v) is 1.44. The molecule has 2 aromatic rings. The molecule has 2 rings (SSSR count). The lowest BCUT2D eigenvalue weighted by Gasteiger charge is -2.09. The number of nitrogens with two attached hydrogens (primary N) is 2. The summed E-state index contributed by atoms with van der Waals surface area (Å²) in [6, 6.07) is 7.53. The minimum Gasteiger partial charge on any atom is -0.382 e. The van der Waals surface area contributed by atoms with E-state index in [0.29, 0.717) is 0 Å². The Bertz CT molecular complexity index is 581. The highest BCUT2D eigenvalue weighted by atomic mass is 16.3. The molecule has 0 amide bonds. The summed E-state index contributed by atoms with van der Waals surface area (Å²) in [5.74, 6) is 0.125. The molecule has 1 aromatic carbocycles. The Hall–Kier alpha value is -2.70. The fraction of sp³-hybridized carbons (Fsp3) is 0.0909. The van der Waals surface area contributed by atoms with Crippen molar-refractivity contribution in [2.24, 2.45) is 5.18 Å². The summed E-state index contributed by atoms with van der Waals surface area (Å²) < 4.78 is 0. The van der Waals surface area contributed by atoms with E-state index in [2.05, 4.69) is 20.5 Å². The van der Waals surface area contributed by atoms with Crippen LogP contribution in [0.15, 0.2) is 29.4 Å². The van der Waals surface area contributed by atoms with Crippen LogP contribution in [0.4, 0.5) is 29.0 Å². The summed E-state index contributed by atoms with van der Waals surface area (Å²) in [5.41, 5.74) is 12.8. The Morgan fingerprint density at radius 2 is 1.83 bits per heavy atom. The van der Waals surface area contributed by atoms with Crippen molar-refractivity contribution in [3.05, 3.63) is 34.7 Å². The van der Waals surface area contributed by atoms with E-state index in [1.165, 1.54) is 0 Å². The Morgan fingerprint density at radius 3 is 2.44 bits per heavy atom. The molecule has 0 atom stereocenters. The number of hydrogen-bond acceptors (Lipinski definition) is 7. The number of aryl methyl sites for hydroxylation is 1.